The summed E-state index contributed by atoms with van der Waals surface area (Å²) in [6.45, 7) is 9.02. The number of aliphatic hydroxyl groups is 1. The van der Waals surface area contributed by atoms with Crippen LogP contribution in [0.5, 0.6) is 11.5 Å². The van der Waals surface area contributed by atoms with E-state index in [0.717, 1.165) is 30.3 Å². The maximum atomic E-state index is 13.0. The minimum absolute atomic E-state index is 0.117. The Labute approximate surface area is 247 Å². The fraction of sp³-hybridized carbons (Fsp3) is 0.613. The molecule has 0 saturated carbocycles. The van der Waals surface area contributed by atoms with Gasteiger partial charge in [-0.05, 0) is 66.8 Å². The average molecular weight is 598 g/mol. The predicted octanol–water partition coefficient (Wildman–Crippen LogP) is 5.72. The van der Waals surface area contributed by atoms with Crippen LogP contribution in [-0.4, -0.2) is 55.6 Å². The number of aromatic nitrogens is 1. The third kappa shape index (κ3) is 11.1. The summed E-state index contributed by atoms with van der Waals surface area (Å²) in [6.07, 6.45) is -2.43. The summed E-state index contributed by atoms with van der Waals surface area (Å²) in [6, 6.07) is 7.24. The SMILES string of the molecule is COCCCOc1cc(C[C@@H](C[C@H](N)[C@@H](O)C[C@H](C(=O)Nc2ccc(C(F)(F)F)nc2)C(C)C)C(C)C)ccc1OC. The number of amides is 1. The maximum absolute atomic E-state index is 13.0. The van der Waals surface area contributed by atoms with Gasteiger partial charge in [0.25, 0.3) is 0 Å². The molecule has 11 heteroatoms. The molecule has 0 spiro atoms. The number of nitrogens with one attached hydrogen (secondary N) is 1. The fourth-order valence-corrected chi connectivity index (χ4v) is 4.73. The fourth-order valence-electron chi connectivity index (χ4n) is 4.73. The van der Waals surface area contributed by atoms with E-state index in [1.54, 1.807) is 14.2 Å². The van der Waals surface area contributed by atoms with E-state index in [1.165, 1.54) is 0 Å². The van der Waals surface area contributed by atoms with Crippen molar-refractivity contribution in [2.24, 2.45) is 29.4 Å². The van der Waals surface area contributed by atoms with Gasteiger partial charge in [-0.2, -0.15) is 13.2 Å². The van der Waals surface area contributed by atoms with E-state index >= 15 is 0 Å². The smallest absolute Gasteiger partial charge is 0.433 e. The van der Waals surface area contributed by atoms with E-state index < -0.39 is 35.8 Å². The topological polar surface area (TPSA) is 116 Å². The molecule has 0 fully saturated rings. The number of rotatable bonds is 17. The monoisotopic (exact) mass is 597 g/mol. The van der Waals surface area contributed by atoms with Crippen LogP contribution < -0.4 is 20.5 Å². The molecule has 4 atom stereocenters. The number of hydrogen-bond acceptors (Lipinski definition) is 7. The molecule has 8 nitrogen and oxygen atoms in total. The van der Waals surface area contributed by atoms with Crippen molar-refractivity contribution in [1.82, 2.24) is 4.98 Å². The van der Waals surface area contributed by atoms with Gasteiger partial charge in [0.2, 0.25) is 5.91 Å². The molecule has 0 radical (unpaired) electrons. The molecular weight excluding hydrogens is 551 g/mol. The van der Waals surface area contributed by atoms with Crippen LogP contribution in [0.2, 0.25) is 0 Å². The van der Waals surface area contributed by atoms with Crippen LogP contribution in [0.1, 0.15) is 58.2 Å². The Bertz CT molecular complexity index is 1100. The molecule has 42 heavy (non-hydrogen) atoms. The molecule has 1 heterocycles. The lowest BCUT2D eigenvalue weighted by molar-refractivity contribution is -0.141. The number of nitrogens with zero attached hydrogens (tertiary/aromatic N) is 1. The third-order valence-corrected chi connectivity index (χ3v) is 7.45. The van der Waals surface area contributed by atoms with Gasteiger partial charge in [-0.3, -0.25) is 4.79 Å². The second-order valence-corrected chi connectivity index (χ2v) is 11.4. The summed E-state index contributed by atoms with van der Waals surface area (Å²) in [5.74, 6) is 0.569. The highest BCUT2D eigenvalue weighted by Crippen LogP contribution is 2.32. The van der Waals surface area contributed by atoms with Crippen molar-refractivity contribution in [3.8, 4) is 11.5 Å². The lowest BCUT2D eigenvalue weighted by Crippen LogP contribution is -2.41. The first-order chi connectivity index (χ1) is 19.8. The van der Waals surface area contributed by atoms with Gasteiger partial charge in [0.1, 0.15) is 5.69 Å². The summed E-state index contributed by atoms with van der Waals surface area (Å²) in [4.78, 5) is 16.4. The van der Waals surface area contributed by atoms with Crippen molar-refractivity contribution in [1.29, 1.82) is 0 Å². The third-order valence-electron chi connectivity index (χ3n) is 7.45. The lowest BCUT2D eigenvalue weighted by atomic mass is 9.81. The van der Waals surface area contributed by atoms with E-state index in [2.05, 4.69) is 24.1 Å². The number of pyridine rings is 1. The highest BCUT2D eigenvalue weighted by Gasteiger charge is 2.33. The molecule has 2 rings (SSSR count). The molecule has 1 amide bonds. The number of nitrogens with two attached hydrogens (primary N) is 1. The zero-order valence-electron chi connectivity index (χ0n) is 25.4. The molecular formula is C31H46F3N3O5. The van der Waals surface area contributed by atoms with Gasteiger partial charge in [-0.25, -0.2) is 4.98 Å². The molecule has 0 saturated heterocycles. The zero-order chi connectivity index (χ0) is 31.4. The standard InChI is InChI=1S/C31H46F3N3O5/c1-19(2)22(14-21-8-10-27(41-6)28(15-21)42-13-7-12-40-5)16-25(35)26(38)17-24(20(3)4)30(39)37-23-9-11-29(36-18-23)31(32,33)34/h8-11,15,18-20,22,24-26,38H,7,12-14,16-17,35H2,1-6H3,(H,37,39)/t22-,24-,25-,26-/m0/s1. The molecule has 0 aliphatic heterocycles. The Kier molecular flexibility index (Phi) is 14.0. The molecule has 0 unspecified atom stereocenters. The van der Waals surface area contributed by atoms with Crippen molar-refractivity contribution in [2.45, 2.75) is 71.7 Å². The lowest BCUT2D eigenvalue weighted by Gasteiger charge is -2.30. The van der Waals surface area contributed by atoms with Gasteiger partial charge in [0.15, 0.2) is 11.5 Å². The van der Waals surface area contributed by atoms with Gasteiger partial charge in [-0.1, -0.05) is 33.8 Å². The number of methoxy groups -OCH3 is 2. The van der Waals surface area contributed by atoms with Crippen LogP contribution in [0.15, 0.2) is 36.5 Å². The van der Waals surface area contributed by atoms with Crippen molar-refractivity contribution in [3.05, 3.63) is 47.8 Å². The number of carbonyl (C=O) groups is 1. The highest BCUT2D eigenvalue weighted by atomic mass is 19.4. The molecule has 4 N–H and O–H groups in total. The van der Waals surface area contributed by atoms with Crippen LogP contribution in [0.25, 0.3) is 0 Å². The Morgan fingerprint density at radius 2 is 1.74 bits per heavy atom. The summed E-state index contributed by atoms with van der Waals surface area (Å²) in [7, 11) is 3.24. The molecule has 0 aliphatic carbocycles. The number of anilines is 1. The summed E-state index contributed by atoms with van der Waals surface area (Å²) in [5.41, 5.74) is 6.65. The summed E-state index contributed by atoms with van der Waals surface area (Å²) >= 11 is 0. The molecule has 0 bridgehead atoms. The second kappa shape index (κ2) is 16.7. The van der Waals surface area contributed by atoms with Crippen LogP contribution in [0, 0.1) is 23.7 Å². The molecule has 236 valence electrons. The van der Waals surface area contributed by atoms with E-state index in [4.69, 9.17) is 19.9 Å². The van der Waals surface area contributed by atoms with Crippen LogP contribution in [0.3, 0.4) is 0 Å². The number of ether oxygens (including phenoxy) is 3. The Morgan fingerprint density at radius 3 is 2.29 bits per heavy atom. The van der Waals surface area contributed by atoms with E-state index in [9.17, 15) is 23.1 Å². The van der Waals surface area contributed by atoms with Crippen molar-refractivity contribution in [3.63, 3.8) is 0 Å². The first-order valence-corrected chi connectivity index (χ1v) is 14.3. The minimum Gasteiger partial charge on any atom is -0.493 e. The largest absolute Gasteiger partial charge is 0.493 e. The predicted molar refractivity (Wildman–Crippen MR) is 156 cm³/mol. The normalized spacial score (nSPS) is 14.9. The van der Waals surface area contributed by atoms with Crippen molar-refractivity contribution in [2.75, 3.05) is 32.8 Å². The number of alkyl halides is 3. The first kappa shape index (κ1) is 35.3. The van der Waals surface area contributed by atoms with Crippen LogP contribution >= 0.6 is 0 Å². The van der Waals surface area contributed by atoms with Gasteiger partial charge in [0.05, 0.1) is 31.7 Å². The van der Waals surface area contributed by atoms with Gasteiger partial charge in [0, 0.05) is 32.1 Å². The van der Waals surface area contributed by atoms with Crippen LogP contribution in [0.4, 0.5) is 18.9 Å². The van der Waals surface area contributed by atoms with Crippen molar-refractivity contribution < 1.29 is 37.3 Å². The van der Waals surface area contributed by atoms with E-state index in [1.807, 2.05) is 32.0 Å². The molecule has 1 aromatic heterocycles. The minimum atomic E-state index is -4.56. The quantitative estimate of drug-likeness (QED) is 0.200. The highest BCUT2D eigenvalue weighted by molar-refractivity contribution is 5.92. The van der Waals surface area contributed by atoms with E-state index in [-0.39, 0.29) is 29.9 Å². The molecule has 1 aromatic carbocycles. The second-order valence-electron chi connectivity index (χ2n) is 11.4. The number of benzene rings is 1. The maximum Gasteiger partial charge on any atom is 0.433 e. The molecule has 0 aliphatic rings. The molecule has 2 aromatic rings. The summed E-state index contributed by atoms with van der Waals surface area (Å²) in [5, 5.41) is 13.7. The van der Waals surface area contributed by atoms with E-state index in [0.29, 0.717) is 37.6 Å². The Hall–Kier alpha value is -2.89. The first-order valence-electron chi connectivity index (χ1n) is 14.3. The summed E-state index contributed by atoms with van der Waals surface area (Å²) < 4.78 is 54.9. The Morgan fingerprint density at radius 1 is 1.02 bits per heavy atom. The van der Waals surface area contributed by atoms with Gasteiger partial charge < -0.3 is 30.4 Å². The number of carbonyl (C=O) groups excluding carboxylic acids is 1. The number of hydrogen-bond donors (Lipinski definition) is 3. The average Bonchev–Trinajstić information content (AvgIpc) is 2.93. The van der Waals surface area contributed by atoms with Gasteiger partial charge >= 0.3 is 6.18 Å². The Balaban J connectivity index is 2.05. The number of aliphatic hydroxyl groups excluding tert-OH is 1. The van der Waals surface area contributed by atoms with Crippen LogP contribution in [-0.2, 0) is 22.1 Å². The van der Waals surface area contributed by atoms with Crippen molar-refractivity contribution >= 4 is 11.6 Å². The number of halogens is 3. The van der Waals surface area contributed by atoms with Gasteiger partial charge in [-0.15, -0.1) is 0 Å². The zero-order valence-corrected chi connectivity index (χ0v) is 25.4.